The van der Waals surface area contributed by atoms with Crippen LogP contribution in [-0.2, 0) is 11.2 Å². The van der Waals surface area contributed by atoms with Crippen molar-refractivity contribution in [3.05, 3.63) is 182 Å². The maximum absolute atomic E-state index is 13.0. The van der Waals surface area contributed by atoms with E-state index in [1.54, 1.807) is 90.2 Å². The largest absolute Gasteiger partial charge is 0.618 e. The van der Waals surface area contributed by atoms with Gasteiger partial charge in [-0.3, -0.25) is 24.2 Å². The third-order valence-corrected chi connectivity index (χ3v) is 11.9. The van der Waals surface area contributed by atoms with Crippen LogP contribution in [0, 0.1) is 5.21 Å². The predicted molar refractivity (Wildman–Crippen MR) is 255 cm³/mol. The summed E-state index contributed by atoms with van der Waals surface area (Å²) >= 11 is 0. The number of aliphatic hydroxyl groups excluding tert-OH is 1. The maximum atomic E-state index is 13.0. The molecular weight excluding hydrogens is 865 g/mol. The monoisotopic (exact) mass is 912 g/mol. The van der Waals surface area contributed by atoms with Gasteiger partial charge >= 0.3 is 0 Å². The lowest BCUT2D eigenvalue weighted by Gasteiger charge is -2.19. The first-order valence-electron chi connectivity index (χ1n) is 22.2. The number of nitrogens with one attached hydrogen (secondary N) is 2. The quantitative estimate of drug-likeness (QED) is 0.0822. The van der Waals surface area contributed by atoms with Gasteiger partial charge in [0.05, 0.1) is 23.1 Å². The number of benzene rings is 2. The molecule has 0 aliphatic heterocycles. The van der Waals surface area contributed by atoms with Crippen LogP contribution in [0.25, 0.3) is 55.7 Å². The molecule has 2 amide bonds. The molecule has 344 valence electrons. The summed E-state index contributed by atoms with van der Waals surface area (Å²) in [7, 11) is 0. The lowest BCUT2D eigenvalue weighted by Crippen LogP contribution is -2.42. The highest BCUT2D eigenvalue weighted by atomic mass is 16.5. The van der Waals surface area contributed by atoms with Crippen molar-refractivity contribution in [3.63, 3.8) is 0 Å². The molecular formula is C52H48N8O8. The normalized spacial score (nSPS) is 14.4. The number of aromatic nitrogens is 6. The second-order valence-electron chi connectivity index (χ2n) is 17.9. The average Bonchev–Trinajstić information content (AvgIpc) is 4.30. The van der Waals surface area contributed by atoms with E-state index in [4.69, 9.17) is 0 Å². The number of amides is 2. The van der Waals surface area contributed by atoms with E-state index in [0.29, 0.717) is 49.3 Å². The summed E-state index contributed by atoms with van der Waals surface area (Å²) in [5, 5.41) is 48.8. The van der Waals surface area contributed by atoms with E-state index >= 15 is 0 Å². The summed E-state index contributed by atoms with van der Waals surface area (Å²) in [5.41, 5.74) is 2.77. The Morgan fingerprint density at radius 2 is 1.18 bits per heavy atom. The van der Waals surface area contributed by atoms with Crippen LogP contribution in [0.15, 0.2) is 144 Å². The molecule has 2 aromatic carbocycles. The van der Waals surface area contributed by atoms with Gasteiger partial charge in [0, 0.05) is 71.6 Å². The summed E-state index contributed by atoms with van der Waals surface area (Å²) in [4.78, 5) is 64.8. The molecule has 2 aliphatic carbocycles. The minimum absolute atomic E-state index is 0.0295. The molecule has 2 aliphatic rings. The fraction of sp³-hybridized carbons (Fsp3) is 0.231. The van der Waals surface area contributed by atoms with Gasteiger partial charge in [0.15, 0.2) is 11.8 Å². The van der Waals surface area contributed by atoms with Crippen molar-refractivity contribution in [2.45, 2.75) is 69.7 Å². The number of aliphatic hydroxyl groups is 3. The molecule has 8 aromatic rings. The first kappa shape index (κ1) is 45.2. The van der Waals surface area contributed by atoms with Gasteiger partial charge in [-0.2, -0.15) is 4.73 Å². The Labute approximate surface area is 389 Å². The molecule has 1 unspecified atom stereocenters. The van der Waals surface area contributed by atoms with E-state index < -0.39 is 23.7 Å². The summed E-state index contributed by atoms with van der Waals surface area (Å²) in [5.74, 6) is -0.767. The lowest BCUT2D eigenvalue weighted by atomic mass is 10.0. The number of nitrogens with zero attached hydrogens (tertiary/aromatic N) is 6. The number of hydrogen-bond donors (Lipinski definition) is 5. The molecule has 6 aromatic heterocycles. The second kappa shape index (κ2) is 18.0. The molecule has 2 fully saturated rings. The third kappa shape index (κ3) is 9.37. The van der Waals surface area contributed by atoms with Gasteiger partial charge in [0.1, 0.15) is 28.0 Å². The van der Waals surface area contributed by atoms with Crippen molar-refractivity contribution in [1.29, 1.82) is 0 Å². The molecule has 6 heterocycles. The number of carbonyl (C=O) groups excluding carboxylic acids is 2. The molecule has 5 N–H and O–H groups in total. The maximum Gasteiger partial charge on any atom is 0.257 e. The molecule has 0 radical (unpaired) electrons. The molecule has 68 heavy (non-hydrogen) atoms. The smallest absolute Gasteiger partial charge is 0.257 e. The fourth-order valence-corrected chi connectivity index (χ4v) is 7.77. The highest BCUT2D eigenvalue weighted by molar-refractivity contribution is 5.98. The minimum Gasteiger partial charge on any atom is -0.618 e. The highest BCUT2D eigenvalue weighted by Gasteiger charge is 2.31. The van der Waals surface area contributed by atoms with Gasteiger partial charge < -0.3 is 40.3 Å². The second-order valence-corrected chi connectivity index (χ2v) is 17.9. The van der Waals surface area contributed by atoms with Crippen LogP contribution >= 0.6 is 0 Å². The van der Waals surface area contributed by atoms with E-state index in [-0.39, 0.29) is 45.7 Å². The van der Waals surface area contributed by atoms with E-state index in [1.807, 2.05) is 48.5 Å². The van der Waals surface area contributed by atoms with Gasteiger partial charge in [-0.15, -0.1) is 0 Å². The number of rotatable bonds is 11. The van der Waals surface area contributed by atoms with Crippen molar-refractivity contribution in [1.82, 2.24) is 34.7 Å². The lowest BCUT2D eigenvalue weighted by molar-refractivity contribution is -0.622. The Balaban J connectivity index is 0.000000170. The van der Waals surface area contributed by atoms with Crippen LogP contribution in [0.4, 0.5) is 0 Å². The fourth-order valence-electron chi connectivity index (χ4n) is 7.77. The SMILES string of the molecule is CC(C)(O)c1ccc(-c2cccc(-n3cc(C(=O)NC4CC4)c(=O)c4cccnc43)c2)cn1.CC(O)(CO)c1ccc(-c2cccc(-n3cc(C(=O)NC4CC4)c(=O)c4cccnc43)c2)c[n+]1[O-]. The molecule has 16 nitrogen and oxygen atoms in total. The number of carbonyl (C=O) groups is 2. The van der Waals surface area contributed by atoms with Crippen LogP contribution < -0.4 is 26.2 Å². The van der Waals surface area contributed by atoms with Crippen LogP contribution in [0.2, 0.25) is 0 Å². The Morgan fingerprint density at radius 1 is 0.676 bits per heavy atom. The molecule has 0 spiro atoms. The predicted octanol–water partition coefficient (Wildman–Crippen LogP) is 5.35. The van der Waals surface area contributed by atoms with Crippen molar-refractivity contribution in [2.75, 3.05) is 6.61 Å². The first-order chi connectivity index (χ1) is 32.6. The number of hydrogen-bond acceptors (Lipinski definition) is 11. The standard InChI is InChI=1S/C26H24N4O5.C26H24N4O3/c1-26(34,15-31)22-10-7-17(13-30(22)35)16-4-2-5-19(12-16)29-14-21(25(33)28-18-8-9-18)23(32)20-6-3-11-27-24(20)29;1-26(2,33)22-11-8-17(14-28-22)16-5-3-6-19(13-16)30-15-21(25(32)29-18-9-10-18)23(31)20-7-4-12-27-24(20)30/h2-7,10-14,18,31,34H,8-9,15H2,1H3,(H,28,33);3-8,11-15,18,33H,9-10H2,1-2H3,(H,29,32). The Kier molecular flexibility index (Phi) is 12.0. The summed E-state index contributed by atoms with van der Waals surface area (Å²) in [6.45, 7) is 4.16. The molecule has 1 atom stereocenters. The Hall–Kier alpha value is -7.92. The first-order valence-corrected chi connectivity index (χ1v) is 22.2. The summed E-state index contributed by atoms with van der Waals surface area (Å²) in [6.07, 6.45) is 13.0. The summed E-state index contributed by atoms with van der Waals surface area (Å²) in [6, 6.07) is 28.8. The molecule has 16 heteroatoms. The molecule has 0 bridgehead atoms. The van der Waals surface area contributed by atoms with Gasteiger partial charge in [-0.25, -0.2) is 9.97 Å². The summed E-state index contributed by atoms with van der Waals surface area (Å²) < 4.78 is 4.01. The van der Waals surface area contributed by atoms with Crippen molar-refractivity contribution >= 4 is 33.9 Å². The van der Waals surface area contributed by atoms with Crippen LogP contribution in [0.5, 0.6) is 0 Å². The van der Waals surface area contributed by atoms with Gasteiger partial charge in [-0.05, 0) is 118 Å². The van der Waals surface area contributed by atoms with Crippen molar-refractivity contribution in [2.24, 2.45) is 0 Å². The van der Waals surface area contributed by atoms with E-state index in [0.717, 1.165) is 42.5 Å². The van der Waals surface area contributed by atoms with Gasteiger partial charge in [0.25, 0.3) is 11.8 Å². The third-order valence-electron chi connectivity index (χ3n) is 11.9. The van der Waals surface area contributed by atoms with Crippen LogP contribution in [-0.4, -0.2) is 69.9 Å². The van der Waals surface area contributed by atoms with Crippen LogP contribution in [0.1, 0.15) is 78.6 Å². The molecule has 2 saturated carbocycles. The van der Waals surface area contributed by atoms with Gasteiger partial charge in [-0.1, -0.05) is 30.3 Å². The number of pyridine rings is 6. The van der Waals surface area contributed by atoms with E-state index in [1.165, 1.54) is 25.4 Å². The topological polar surface area (TPSA) is 228 Å². The zero-order valence-electron chi connectivity index (χ0n) is 37.5. The Bertz CT molecular complexity index is 3370. The zero-order chi connectivity index (χ0) is 47.9. The van der Waals surface area contributed by atoms with E-state index in [9.17, 15) is 39.7 Å². The molecule has 0 saturated heterocycles. The van der Waals surface area contributed by atoms with Crippen LogP contribution in [0.3, 0.4) is 0 Å². The minimum atomic E-state index is -1.67. The van der Waals surface area contributed by atoms with Crippen molar-refractivity contribution < 1.29 is 29.6 Å². The molecule has 10 rings (SSSR count). The van der Waals surface area contributed by atoms with Gasteiger partial charge in [0.2, 0.25) is 16.6 Å². The highest BCUT2D eigenvalue weighted by Crippen LogP contribution is 2.28. The van der Waals surface area contributed by atoms with Crippen molar-refractivity contribution in [3.8, 4) is 33.6 Å². The zero-order valence-corrected chi connectivity index (χ0v) is 37.5. The Morgan fingerprint density at radius 3 is 1.62 bits per heavy atom. The van der Waals surface area contributed by atoms with E-state index in [2.05, 4.69) is 25.6 Å². The average molecular weight is 913 g/mol. The number of fused-ring (bicyclic) bond motifs is 2.